The van der Waals surface area contributed by atoms with Crippen LogP contribution in [0.3, 0.4) is 0 Å². The Morgan fingerprint density at radius 1 is 1.73 bits per heavy atom. The van der Waals surface area contributed by atoms with E-state index in [9.17, 15) is 4.79 Å². The third kappa shape index (κ3) is 5.22. The molecule has 11 heavy (non-hydrogen) atoms. The van der Waals surface area contributed by atoms with Crippen LogP contribution in [0, 0.1) is 11.5 Å². The highest BCUT2D eigenvalue weighted by Gasteiger charge is 2.00. The third-order valence-corrected chi connectivity index (χ3v) is 1.27. The molecular formula is C7H12N2O2. The number of carbonyl (C=O) groups excluding carboxylic acids is 1. The van der Waals surface area contributed by atoms with E-state index in [1.165, 1.54) is 12.0 Å². The molecule has 0 aliphatic rings. The summed E-state index contributed by atoms with van der Waals surface area (Å²) in [5.41, 5.74) is 0. The molecule has 4 nitrogen and oxygen atoms in total. The highest BCUT2D eigenvalue weighted by Crippen LogP contribution is 1.92. The van der Waals surface area contributed by atoms with E-state index in [1.807, 2.05) is 6.19 Å². The molecule has 0 amide bonds. The summed E-state index contributed by atoms with van der Waals surface area (Å²) in [7, 11) is 3.04. The molecule has 62 valence electrons. The lowest BCUT2D eigenvalue weighted by Gasteiger charge is -2.06. The molecule has 0 fully saturated rings. The van der Waals surface area contributed by atoms with Crippen molar-refractivity contribution in [1.29, 1.82) is 5.26 Å². The quantitative estimate of drug-likeness (QED) is 0.335. The van der Waals surface area contributed by atoms with E-state index in [0.717, 1.165) is 0 Å². The summed E-state index contributed by atoms with van der Waals surface area (Å²) in [5.74, 6) is -0.226. The number of carbonyl (C=O) groups is 1. The molecule has 0 N–H and O–H groups in total. The molecule has 0 aromatic rings. The maximum absolute atomic E-state index is 10.6. The van der Waals surface area contributed by atoms with Crippen LogP contribution < -0.4 is 0 Å². The molecule has 0 saturated heterocycles. The van der Waals surface area contributed by atoms with Crippen LogP contribution in [-0.2, 0) is 9.53 Å². The Bertz CT molecular complexity index is 162. The molecule has 0 unspecified atom stereocenters. The zero-order valence-corrected chi connectivity index (χ0v) is 6.83. The number of ether oxygens (including phenoxy) is 1. The van der Waals surface area contributed by atoms with Gasteiger partial charge in [-0.05, 0) is 6.42 Å². The van der Waals surface area contributed by atoms with Crippen molar-refractivity contribution < 1.29 is 9.53 Å². The molecule has 0 aliphatic heterocycles. The third-order valence-electron chi connectivity index (χ3n) is 1.27. The van der Waals surface area contributed by atoms with Gasteiger partial charge in [0.2, 0.25) is 0 Å². The van der Waals surface area contributed by atoms with E-state index in [0.29, 0.717) is 19.4 Å². The fourth-order valence-electron chi connectivity index (χ4n) is 0.613. The van der Waals surface area contributed by atoms with Crippen molar-refractivity contribution in [1.82, 2.24) is 4.90 Å². The molecule has 0 radical (unpaired) electrons. The minimum atomic E-state index is -0.226. The number of methoxy groups -OCH3 is 1. The van der Waals surface area contributed by atoms with Gasteiger partial charge in [0.25, 0.3) is 0 Å². The summed E-state index contributed by atoms with van der Waals surface area (Å²) in [6, 6.07) is 0. The van der Waals surface area contributed by atoms with Gasteiger partial charge in [0, 0.05) is 20.0 Å². The molecule has 0 atom stereocenters. The highest BCUT2D eigenvalue weighted by molar-refractivity contribution is 5.69. The second kappa shape index (κ2) is 5.54. The zero-order valence-electron chi connectivity index (χ0n) is 6.83. The number of nitrogens with zero attached hydrogens (tertiary/aromatic N) is 2. The Hall–Kier alpha value is -1.24. The summed E-state index contributed by atoms with van der Waals surface area (Å²) in [6.07, 6.45) is 2.98. The molecule has 0 saturated carbocycles. The Morgan fingerprint density at radius 2 is 2.36 bits per heavy atom. The predicted molar refractivity (Wildman–Crippen MR) is 39.5 cm³/mol. The Balaban J connectivity index is 3.29. The second-order valence-electron chi connectivity index (χ2n) is 2.20. The van der Waals surface area contributed by atoms with Crippen LogP contribution in [0.15, 0.2) is 0 Å². The van der Waals surface area contributed by atoms with Crippen LogP contribution in [0.4, 0.5) is 0 Å². The first kappa shape index (κ1) is 9.76. The van der Waals surface area contributed by atoms with Crippen LogP contribution >= 0.6 is 0 Å². The van der Waals surface area contributed by atoms with Crippen molar-refractivity contribution in [3.63, 3.8) is 0 Å². The Morgan fingerprint density at radius 3 is 2.82 bits per heavy atom. The van der Waals surface area contributed by atoms with Crippen LogP contribution in [0.2, 0.25) is 0 Å². The van der Waals surface area contributed by atoms with Crippen molar-refractivity contribution in [2.45, 2.75) is 12.8 Å². The topological polar surface area (TPSA) is 53.3 Å². The normalized spacial score (nSPS) is 8.45. The fraction of sp³-hybridized carbons (Fsp3) is 0.714. The van der Waals surface area contributed by atoms with Crippen molar-refractivity contribution in [2.75, 3.05) is 20.7 Å². The summed E-state index contributed by atoms with van der Waals surface area (Å²) >= 11 is 0. The molecule has 4 heteroatoms. The summed E-state index contributed by atoms with van der Waals surface area (Å²) in [4.78, 5) is 12.0. The van der Waals surface area contributed by atoms with E-state index >= 15 is 0 Å². The minimum Gasteiger partial charge on any atom is -0.469 e. The van der Waals surface area contributed by atoms with Crippen LogP contribution in [0.5, 0.6) is 0 Å². The van der Waals surface area contributed by atoms with E-state index < -0.39 is 0 Å². The van der Waals surface area contributed by atoms with Gasteiger partial charge in [0.05, 0.1) is 7.11 Å². The van der Waals surface area contributed by atoms with Gasteiger partial charge in [-0.2, -0.15) is 5.26 Å². The van der Waals surface area contributed by atoms with Crippen molar-refractivity contribution in [3.8, 4) is 6.19 Å². The van der Waals surface area contributed by atoms with Gasteiger partial charge in [-0.3, -0.25) is 4.79 Å². The van der Waals surface area contributed by atoms with Crippen LogP contribution in [-0.4, -0.2) is 31.6 Å². The molecular weight excluding hydrogens is 144 g/mol. The number of esters is 1. The van der Waals surface area contributed by atoms with E-state index in [2.05, 4.69) is 4.74 Å². The SMILES string of the molecule is COC(=O)CCCN(C)C#N. The van der Waals surface area contributed by atoms with E-state index in [-0.39, 0.29) is 5.97 Å². The first-order valence-corrected chi connectivity index (χ1v) is 3.38. The average molecular weight is 156 g/mol. The monoisotopic (exact) mass is 156 g/mol. The summed E-state index contributed by atoms with van der Waals surface area (Å²) in [5, 5.41) is 8.32. The fourth-order valence-corrected chi connectivity index (χ4v) is 0.613. The lowest BCUT2D eigenvalue weighted by molar-refractivity contribution is -0.140. The maximum Gasteiger partial charge on any atom is 0.305 e. The number of hydrogen-bond donors (Lipinski definition) is 0. The van der Waals surface area contributed by atoms with Crippen LogP contribution in [0.1, 0.15) is 12.8 Å². The summed E-state index contributed by atoms with van der Waals surface area (Å²) < 4.78 is 4.43. The molecule has 0 spiro atoms. The predicted octanol–water partition coefficient (Wildman–Crippen LogP) is 0.352. The van der Waals surface area contributed by atoms with Gasteiger partial charge < -0.3 is 9.64 Å². The number of hydrogen-bond acceptors (Lipinski definition) is 4. The molecule has 0 heterocycles. The second-order valence-corrected chi connectivity index (χ2v) is 2.20. The maximum atomic E-state index is 10.6. The van der Waals surface area contributed by atoms with Gasteiger partial charge in [-0.15, -0.1) is 0 Å². The summed E-state index contributed by atoms with van der Waals surface area (Å²) in [6.45, 7) is 0.603. The van der Waals surface area contributed by atoms with Gasteiger partial charge in [-0.25, -0.2) is 0 Å². The minimum absolute atomic E-state index is 0.226. The molecule has 0 aromatic heterocycles. The van der Waals surface area contributed by atoms with Crippen molar-refractivity contribution in [2.24, 2.45) is 0 Å². The van der Waals surface area contributed by atoms with E-state index in [4.69, 9.17) is 5.26 Å². The first-order chi connectivity index (χ1) is 5.20. The highest BCUT2D eigenvalue weighted by atomic mass is 16.5. The molecule has 0 aliphatic carbocycles. The van der Waals surface area contributed by atoms with Gasteiger partial charge >= 0.3 is 5.97 Å². The number of nitriles is 1. The Kier molecular flexibility index (Phi) is 4.91. The molecule has 0 bridgehead atoms. The van der Waals surface area contributed by atoms with Gasteiger partial charge in [-0.1, -0.05) is 0 Å². The van der Waals surface area contributed by atoms with E-state index in [1.54, 1.807) is 7.05 Å². The standard InChI is InChI=1S/C7H12N2O2/c1-9(6-8)5-3-4-7(10)11-2/h3-5H2,1-2H3. The lowest BCUT2D eigenvalue weighted by atomic mass is 10.3. The number of rotatable bonds is 4. The van der Waals surface area contributed by atoms with Gasteiger partial charge in [0.15, 0.2) is 6.19 Å². The largest absolute Gasteiger partial charge is 0.469 e. The molecule has 0 rings (SSSR count). The zero-order chi connectivity index (χ0) is 8.69. The molecule has 0 aromatic carbocycles. The average Bonchev–Trinajstić information content (AvgIpc) is 2.04. The smallest absolute Gasteiger partial charge is 0.305 e. The first-order valence-electron chi connectivity index (χ1n) is 3.38. The van der Waals surface area contributed by atoms with Crippen LogP contribution in [0.25, 0.3) is 0 Å². The Labute approximate surface area is 66.4 Å². The van der Waals surface area contributed by atoms with Gasteiger partial charge in [0.1, 0.15) is 0 Å². The van der Waals surface area contributed by atoms with Crippen molar-refractivity contribution in [3.05, 3.63) is 0 Å². The van der Waals surface area contributed by atoms with Crippen molar-refractivity contribution >= 4 is 5.97 Å². The lowest BCUT2D eigenvalue weighted by Crippen LogP contribution is -2.14.